The van der Waals surface area contributed by atoms with Crippen molar-refractivity contribution in [1.82, 2.24) is 15.4 Å². The number of pyridine rings is 1. The first-order chi connectivity index (χ1) is 11.7. The Morgan fingerprint density at radius 3 is 2.83 bits per heavy atom. The predicted molar refractivity (Wildman–Crippen MR) is 95.4 cm³/mol. The molecule has 0 saturated heterocycles. The number of carbonyl (C=O) groups excluding carboxylic acids is 1. The van der Waals surface area contributed by atoms with E-state index in [1.54, 1.807) is 18.6 Å². The van der Waals surface area contributed by atoms with Gasteiger partial charge in [0.25, 0.3) is 5.91 Å². The summed E-state index contributed by atoms with van der Waals surface area (Å²) in [5.41, 5.74) is 5.26. The highest BCUT2D eigenvalue weighted by atomic mass is 32.1. The summed E-state index contributed by atoms with van der Waals surface area (Å²) in [5, 5.41) is 4.88. The van der Waals surface area contributed by atoms with Crippen LogP contribution in [-0.2, 0) is 6.42 Å². The number of nitrogens with one attached hydrogen (secondary N) is 1. The topological polar surface area (TPSA) is 67.2 Å². The fourth-order valence-corrected chi connectivity index (χ4v) is 3.17. The van der Waals surface area contributed by atoms with E-state index in [2.05, 4.69) is 32.6 Å². The van der Waals surface area contributed by atoms with Crippen LogP contribution in [0.15, 0.2) is 60.0 Å². The summed E-state index contributed by atoms with van der Waals surface area (Å²) < 4.78 is 0. The van der Waals surface area contributed by atoms with Gasteiger partial charge in [0.05, 0.1) is 16.9 Å². The van der Waals surface area contributed by atoms with Gasteiger partial charge in [0.15, 0.2) is 0 Å². The van der Waals surface area contributed by atoms with Crippen molar-refractivity contribution in [2.75, 3.05) is 0 Å². The van der Waals surface area contributed by atoms with Crippen LogP contribution >= 0.6 is 11.3 Å². The summed E-state index contributed by atoms with van der Waals surface area (Å²) in [5.74, 6) is -0.246. The Kier molecular flexibility index (Phi) is 5.08. The molecule has 5 nitrogen and oxygen atoms in total. The van der Waals surface area contributed by atoms with Gasteiger partial charge in [-0.3, -0.25) is 9.78 Å². The molecule has 0 radical (unpaired) electrons. The molecule has 0 fully saturated rings. The lowest BCUT2D eigenvalue weighted by Crippen LogP contribution is -2.17. The first-order valence-corrected chi connectivity index (χ1v) is 8.27. The first-order valence-electron chi connectivity index (χ1n) is 7.46. The van der Waals surface area contributed by atoms with Gasteiger partial charge in [-0.2, -0.15) is 5.10 Å². The third-order valence-corrected chi connectivity index (χ3v) is 4.47. The minimum Gasteiger partial charge on any atom is -0.266 e. The normalized spacial score (nSPS) is 10.9. The predicted octanol–water partition coefficient (Wildman–Crippen LogP) is 3.20. The molecule has 2 aromatic heterocycles. The second kappa shape index (κ2) is 7.61. The molecule has 0 spiro atoms. The van der Waals surface area contributed by atoms with E-state index >= 15 is 0 Å². The highest BCUT2D eigenvalue weighted by Gasteiger charge is 2.14. The van der Waals surface area contributed by atoms with Crippen LogP contribution in [0.1, 0.15) is 31.5 Å². The molecule has 0 bridgehead atoms. The van der Waals surface area contributed by atoms with Gasteiger partial charge >= 0.3 is 0 Å². The summed E-state index contributed by atoms with van der Waals surface area (Å²) in [6.07, 6.45) is 5.64. The van der Waals surface area contributed by atoms with Crippen LogP contribution in [0.5, 0.6) is 0 Å². The van der Waals surface area contributed by atoms with Crippen LogP contribution in [0.4, 0.5) is 0 Å². The Balaban J connectivity index is 1.66. The smallest absolute Gasteiger partial charge is 0.266 e. The molecule has 3 rings (SSSR count). The average molecular weight is 336 g/mol. The number of carbonyl (C=O) groups is 1. The van der Waals surface area contributed by atoms with E-state index in [1.165, 1.54) is 16.9 Å². The molecule has 1 amide bonds. The Morgan fingerprint density at radius 1 is 1.25 bits per heavy atom. The number of hydrazone groups is 1. The summed E-state index contributed by atoms with van der Waals surface area (Å²) >= 11 is 1.40. The SMILES string of the molecule is Cc1nc(Cc2ccccc2)sc1C(=O)N/N=C/c1cccnc1. The number of aromatic nitrogens is 2. The van der Waals surface area contributed by atoms with Gasteiger partial charge in [0.2, 0.25) is 0 Å². The second-order valence-corrected chi connectivity index (χ2v) is 6.25. The number of benzene rings is 1. The lowest BCUT2D eigenvalue weighted by atomic mass is 10.2. The molecule has 0 aliphatic heterocycles. The summed E-state index contributed by atoms with van der Waals surface area (Å²) in [4.78, 5) is 21.3. The zero-order valence-electron chi connectivity index (χ0n) is 13.1. The van der Waals surface area contributed by atoms with Gasteiger partial charge in [-0.15, -0.1) is 11.3 Å². The zero-order chi connectivity index (χ0) is 16.8. The van der Waals surface area contributed by atoms with Gasteiger partial charge in [0, 0.05) is 24.4 Å². The number of thiazole rings is 1. The fraction of sp³-hybridized carbons (Fsp3) is 0.111. The van der Waals surface area contributed by atoms with Crippen LogP contribution in [0.3, 0.4) is 0 Å². The van der Waals surface area contributed by atoms with E-state index in [0.29, 0.717) is 4.88 Å². The highest BCUT2D eigenvalue weighted by molar-refractivity contribution is 7.13. The van der Waals surface area contributed by atoms with Crippen molar-refractivity contribution >= 4 is 23.5 Å². The summed E-state index contributed by atoms with van der Waals surface area (Å²) in [6, 6.07) is 13.7. The van der Waals surface area contributed by atoms with Crippen LogP contribution in [0, 0.1) is 6.92 Å². The molecular weight excluding hydrogens is 320 g/mol. The van der Waals surface area contributed by atoms with Crippen molar-refractivity contribution in [3.05, 3.63) is 81.6 Å². The van der Waals surface area contributed by atoms with Gasteiger partial charge in [-0.05, 0) is 18.6 Å². The van der Waals surface area contributed by atoms with Gasteiger partial charge < -0.3 is 0 Å². The van der Waals surface area contributed by atoms with E-state index in [9.17, 15) is 4.79 Å². The van der Waals surface area contributed by atoms with Crippen molar-refractivity contribution in [1.29, 1.82) is 0 Å². The quantitative estimate of drug-likeness (QED) is 0.575. The minimum absolute atomic E-state index is 0.246. The Morgan fingerprint density at radius 2 is 2.08 bits per heavy atom. The molecular formula is C18H16N4OS. The zero-order valence-corrected chi connectivity index (χ0v) is 14.0. The van der Waals surface area contributed by atoms with Gasteiger partial charge in [0.1, 0.15) is 4.88 Å². The molecule has 120 valence electrons. The maximum absolute atomic E-state index is 12.3. The maximum Gasteiger partial charge on any atom is 0.283 e. The van der Waals surface area contributed by atoms with Gasteiger partial charge in [-0.25, -0.2) is 10.4 Å². The van der Waals surface area contributed by atoms with E-state index in [1.807, 2.05) is 37.3 Å². The molecule has 24 heavy (non-hydrogen) atoms. The number of hydrogen-bond acceptors (Lipinski definition) is 5. The lowest BCUT2D eigenvalue weighted by Gasteiger charge is -1.97. The molecule has 0 unspecified atom stereocenters. The number of nitrogens with zero attached hydrogens (tertiary/aromatic N) is 3. The Hall–Kier alpha value is -2.86. The molecule has 0 aliphatic carbocycles. The molecule has 1 N–H and O–H groups in total. The molecule has 0 saturated carbocycles. The van der Waals surface area contributed by atoms with Crippen LogP contribution in [-0.4, -0.2) is 22.1 Å². The lowest BCUT2D eigenvalue weighted by molar-refractivity contribution is 0.0958. The van der Waals surface area contributed by atoms with Crippen LogP contribution < -0.4 is 5.43 Å². The highest BCUT2D eigenvalue weighted by Crippen LogP contribution is 2.20. The van der Waals surface area contributed by atoms with Crippen LogP contribution in [0.25, 0.3) is 0 Å². The first kappa shape index (κ1) is 16.0. The standard InChI is InChI=1S/C18H16N4OS/c1-13-17(18(23)22-20-12-15-8-5-9-19-11-15)24-16(21-13)10-14-6-3-2-4-7-14/h2-9,11-12H,10H2,1H3,(H,22,23)/b20-12+. The van der Waals surface area contributed by atoms with E-state index < -0.39 is 0 Å². The Bertz CT molecular complexity index is 844. The van der Waals surface area contributed by atoms with E-state index in [4.69, 9.17) is 0 Å². The molecule has 2 heterocycles. The molecule has 0 atom stereocenters. The summed E-state index contributed by atoms with van der Waals surface area (Å²) in [6.45, 7) is 1.84. The Labute approximate surface area is 144 Å². The van der Waals surface area contributed by atoms with Crippen molar-refractivity contribution in [3.8, 4) is 0 Å². The molecule has 1 aromatic carbocycles. The number of aryl methyl sites for hydroxylation is 1. The van der Waals surface area contributed by atoms with Crippen molar-refractivity contribution in [3.63, 3.8) is 0 Å². The molecule has 0 aliphatic rings. The minimum atomic E-state index is -0.246. The molecule has 6 heteroatoms. The monoisotopic (exact) mass is 336 g/mol. The number of hydrogen-bond donors (Lipinski definition) is 1. The molecule has 3 aromatic rings. The number of rotatable bonds is 5. The number of amides is 1. The van der Waals surface area contributed by atoms with Crippen molar-refractivity contribution < 1.29 is 4.79 Å². The van der Waals surface area contributed by atoms with Gasteiger partial charge in [-0.1, -0.05) is 36.4 Å². The third-order valence-electron chi connectivity index (χ3n) is 3.31. The van der Waals surface area contributed by atoms with Crippen LogP contribution in [0.2, 0.25) is 0 Å². The van der Waals surface area contributed by atoms with Crippen molar-refractivity contribution in [2.45, 2.75) is 13.3 Å². The largest absolute Gasteiger partial charge is 0.283 e. The van der Waals surface area contributed by atoms with E-state index in [-0.39, 0.29) is 5.91 Å². The van der Waals surface area contributed by atoms with Crippen molar-refractivity contribution in [2.24, 2.45) is 5.10 Å². The fourth-order valence-electron chi connectivity index (χ4n) is 2.18. The maximum atomic E-state index is 12.3. The van der Waals surface area contributed by atoms with E-state index in [0.717, 1.165) is 22.7 Å². The third kappa shape index (κ3) is 4.11. The average Bonchev–Trinajstić information content (AvgIpc) is 2.97. The second-order valence-electron chi connectivity index (χ2n) is 5.17. The summed E-state index contributed by atoms with van der Waals surface area (Å²) in [7, 11) is 0.